The van der Waals surface area contributed by atoms with E-state index < -0.39 is 0 Å². The number of carbonyl (C=O) groups is 1. The highest BCUT2D eigenvalue weighted by Crippen LogP contribution is 2.11. The summed E-state index contributed by atoms with van der Waals surface area (Å²) in [5.74, 6) is 1.64. The van der Waals surface area contributed by atoms with Crippen LogP contribution >= 0.6 is 11.8 Å². The topological polar surface area (TPSA) is 42.4 Å². The third-order valence-corrected chi connectivity index (χ3v) is 3.91. The maximum absolute atomic E-state index is 11.3. The summed E-state index contributed by atoms with van der Waals surface area (Å²) in [6.07, 6.45) is 1.58. The van der Waals surface area contributed by atoms with Crippen LogP contribution < -0.4 is 0 Å². The van der Waals surface area contributed by atoms with Crippen molar-refractivity contribution in [3.8, 4) is 0 Å². The zero-order valence-corrected chi connectivity index (χ0v) is 12.7. The SMILES string of the molecule is CCN(CC)CCSCc1ccc(C(=O)OC)cn1. The minimum atomic E-state index is -0.340. The van der Waals surface area contributed by atoms with Crippen molar-refractivity contribution in [2.45, 2.75) is 19.6 Å². The van der Waals surface area contributed by atoms with E-state index in [9.17, 15) is 4.79 Å². The van der Waals surface area contributed by atoms with E-state index >= 15 is 0 Å². The highest BCUT2D eigenvalue weighted by molar-refractivity contribution is 7.98. The first kappa shape index (κ1) is 16.0. The number of rotatable bonds is 8. The summed E-state index contributed by atoms with van der Waals surface area (Å²) >= 11 is 1.87. The molecular formula is C14H22N2O2S. The van der Waals surface area contributed by atoms with Crippen LogP contribution in [0.3, 0.4) is 0 Å². The zero-order chi connectivity index (χ0) is 14.1. The summed E-state index contributed by atoms with van der Waals surface area (Å²) in [5, 5.41) is 0. The van der Waals surface area contributed by atoms with Gasteiger partial charge in [-0.05, 0) is 25.2 Å². The lowest BCUT2D eigenvalue weighted by Gasteiger charge is -2.17. The monoisotopic (exact) mass is 282 g/mol. The maximum atomic E-state index is 11.3. The van der Waals surface area contributed by atoms with Gasteiger partial charge in [0, 0.05) is 24.2 Å². The molecule has 0 aliphatic rings. The molecule has 19 heavy (non-hydrogen) atoms. The first-order valence-electron chi connectivity index (χ1n) is 6.54. The van der Waals surface area contributed by atoms with Gasteiger partial charge >= 0.3 is 5.97 Å². The van der Waals surface area contributed by atoms with E-state index in [1.165, 1.54) is 7.11 Å². The number of pyridine rings is 1. The van der Waals surface area contributed by atoms with Gasteiger partial charge in [-0.15, -0.1) is 0 Å². The van der Waals surface area contributed by atoms with Crippen LogP contribution in [0.4, 0.5) is 0 Å². The van der Waals surface area contributed by atoms with Crippen LogP contribution in [-0.4, -0.2) is 48.4 Å². The Bertz CT molecular complexity index is 378. The van der Waals surface area contributed by atoms with Gasteiger partial charge in [0.25, 0.3) is 0 Å². The Hall–Kier alpha value is -1.07. The molecule has 0 radical (unpaired) electrons. The van der Waals surface area contributed by atoms with Gasteiger partial charge in [0.2, 0.25) is 0 Å². The van der Waals surface area contributed by atoms with Crippen molar-refractivity contribution in [2.24, 2.45) is 0 Å². The highest BCUT2D eigenvalue weighted by atomic mass is 32.2. The van der Waals surface area contributed by atoms with Crippen LogP contribution in [0.2, 0.25) is 0 Å². The number of aromatic nitrogens is 1. The normalized spacial score (nSPS) is 10.7. The number of ether oxygens (including phenoxy) is 1. The molecule has 0 saturated carbocycles. The Kier molecular flexibility index (Phi) is 7.52. The van der Waals surface area contributed by atoms with Crippen LogP contribution in [0, 0.1) is 0 Å². The average Bonchev–Trinajstić information content (AvgIpc) is 2.47. The van der Waals surface area contributed by atoms with E-state index in [1.807, 2.05) is 17.8 Å². The largest absolute Gasteiger partial charge is 0.465 e. The van der Waals surface area contributed by atoms with E-state index in [0.717, 1.165) is 36.8 Å². The molecule has 0 unspecified atom stereocenters. The lowest BCUT2D eigenvalue weighted by Crippen LogP contribution is -2.25. The molecule has 0 saturated heterocycles. The van der Waals surface area contributed by atoms with Gasteiger partial charge in [0.1, 0.15) is 0 Å². The number of thioether (sulfide) groups is 1. The van der Waals surface area contributed by atoms with Crippen molar-refractivity contribution in [3.63, 3.8) is 0 Å². The van der Waals surface area contributed by atoms with Gasteiger partial charge < -0.3 is 9.64 Å². The molecule has 0 bridgehead atoms. The van der Waals surface area contributed by atoms with Crippen LogP contribution in [-0.2, 0) is 10.5 Å². The van der Waals surface area contributed by atoms with Crippen molar-refractivity contribution in [1.82, 2.24) is 9.88 Å². The second-order valence-corrected chi connectivity index (χ2v) is 5.21. The molecule has 1 aromatic rings. The number of nitrogens with zero attached hydrogens (tertiary/aromatic N) is 2. The van der Waals surface area contributed by atoms with Crippen LogP contribution in [0.25, 0.3) is 0 Å². The molecule has 0 atom stereocenters. The Labute approximate surface area is 119 Å². The zero-order valence-electron chi connectivity index (χ0n) is 11.9. The minimum absolute atomic E-state index is 0.340. The molecule has 106 valence electrons. The van der Waals surface area contributed by atoms with Crippen molar-refractivity contribution in [3.05, 3.63) is 29.6 Å². The van der Waals surface area contributed by atoms with Gasteiger partial charge in [-0.1, -0.05) is 13.8 Å². The summed E-state index contributed by atoms with van der Waals surface area (Å²) in [5.41, 5.74) is 1.50. The van der Waals surface area contributed by atoms with Crippen LogP contribution in [0.15, 0.2) is 18.3 Å². The van der Waals surface area contributed by atoms with Crippen molar-refractivity contribution >= 4 is 17.7 Å². The van der Waals surface area contributed by atoms with E-state index in [-0.39, 0.29) is 5.97 Å². The number of methoxy groups -OCH3 is 1. The van der Waals surface area contributed by atoms with Crippen LogP contribution in [0.5, 0.6) is 0 Å². The summed E-state index contributed by atoms with van der Waals surface area (Å²) in [6.45, 7) is 7.67. The fourth-order valence-corrected chi connectivity index (χ4v) is 2.57. The molecule has 4 nitrogen and oxygen atoms in total. The quantitative estimate of drug-likeness (QED) is 0.541. The molecule has 0 aliphatic heterocycles. The summed E-state index contributed by atoms with van der Waals surface area (Å²) in [6, 6.07) is 3.65. The molecule has 1 rings (SSSR count). The van der Waals surface area contributed by atoms with Gasteiger partial charge in [0.15, 0.2) is 0 Å². The van der Waals surface area contributed by atoms with Crippen molar-refractivity contribution in [2.75, 3.05) is 32.5 Å². The van der Waals surface area contributed by atoms with Crippen LogP contribution in [0.1, 0.15) is 29.9 Å². The lowest BCUT2D eigenvalue weighted by molar-refractivity contribution is 0.0600. The standard InChI is InChI=1S/C14H22N2O2S/c1-4-16(5-2)8-9-19-11-13-7-6-12(10-15-13)14(17)18-3/h6-7,10H,4-5,8-9,11H2,1-3H3. The smallest absolute Gasteiger partial charge is 0.339 e. The lowest BCUT2D eigenvalue weighted by atomic mass is 10.2. The number of esters is 1. The molecule has 1 heterocycles. The molecule has 0 fully saturated rings. The number of hydrogen-bond acceptors (Lipinski definition) is 5. The summed E-state index contributed by atoms with van der Waals surface area (Å²) < 4.78 is 4.64. The number of hydrogen-bond donors (Lipinski definition) is 0. The molecular weight excluding hydrogens is 260 g/mol. The second kappa shape index (κ2) is 8.93. The molecule has 0 aromatic carbocycles. The Balaban J connectivity index is 2.32. The van der Waals surface area contributed by atoms with E-state index in [4.69, 9.17) is 0 Å². The van der Waals surface area contributed by atoms with E-state index in [2.05, 4.69) is 28.5 Å². The van der Waals surface area contributed by atoms with E-state index in [0.29, 0.717) is 5.56 Å². The molecule has 0 spiro atoms. The minimum Gasteiger partial charge on any atom is -0.465 e. The Morgan fingerprint density at radius 1 is 1.37 bits per heavy atom. The molecule has 0 amide bonds. The predicted molar refractivity (Wildman–Crippen MR) is 79.5 cm³/mol. The fourth-order valence-electron chi connectivity index (χ4n) is 1.66. The molecule has 1 aromatic heterocycles. The predicted octanol–water partition coefficient (Wildman–Crippen LogP) is 2.44. The fraction of sp³-hybridized carbons (Fsp3) is 0.571. The molecule has 5 heteroatoms. The van der Waals surface area contributed by atoms with Gasteiger partial charge in [-0.2, -0.15) is 11.8 Å². The Morgan fingerprint density at radius 2 is 2.11 bits per heavy atom. The summed E-state index contributed by atoms with van der Waals surface area (Å²) in [7, 11) is 1.37. The van der Waals surface area contributed by atoms with Gasteiger partial charge in [-0.3, -0.25) is 4.98 Å². The molecule has 0 aliphatic carbocycles. The average molecular weight is 282 g/mol. The third kappa shape index (κ3) is 5.61. The van der Waals surface area contributed by atoms with Gasteiger partial charge in [0.05, 0.1) is 18.4 Å². The Morgan fingerprint density at radius 3 is 2.63 bits per heavy atom. The first-order chi connectivity index (χ1) is 9.21. The first-order valence-corrected chi connectivity index (χ1v) is 7.70. The maximum Gasteiger partial charge on any atom is 0.339 e. The second-order valence-electron chi connectivity index (χ2n) is 4.11. The van der Waals surface area contributed by atoms with Crippen molar-refractivity contribution in [1.29, 1.82) is 0 Å². The summed E-state index contributed by atoms with van der Waals surface area (Å²) in [4.78, 5) is 17.9. The highest BCUT2D eigenvalue weighted by Gasteiger charge is 2.05. The van der Waals surface area contributed by atoms with Crippen molar-refractivity contribution < 1.29 is 9.53 Å². The third-order valence-electron chi connectivity index (χ3n) is 2.94. The molecule has 0 N–H and O–H groups in total. The van der Waals surface area contributed by atoms with Gasteiger partial charge in [-0.25, -0.2) is 4.79 Å². The number of carbonyl (C=O) groups excluding carboxylic acids is 1. The van der Waals surface area contributed by atoms with E-state index in [1.54, 1.807) is 12.3 Å².